The van der Waals surface area contributed by atoms with Crippen molar-refractivity contribution in [3.63, 3.8) is 0 Å². The van der Waals surface area contributed by atoms with Crippen molar-refractivity contribution in [1.29, 1.82) is 0 Å². The summed E-state index contributed by atoms with van der Waals surface area (Å²) in [5.41, 5.74) is 1.44. The summed E-state index contributed by atoms with van der Waals surface area (Å²) in [6.45, 7) is 13.2. The average molecular weight is 521 g/mol. The molecule has 0 saturated carbocycles. The lowest BCUT2D eigenvalue weighted by atomic mass is 9.89. The first-order valence-corrected chi connectivity index (χ1v) is 13.2. The molecule has 0 saturated heterocycles. The van der Waals surface area contributed by atoms with Gasteiger partial charge in [-0.15, -0.1) is 0 Å². The maximum Gasteiger partial charge on any atom is 0.341 e. The SMILES string of the molecule is Cc1nc(OS(=O)(=O)c2c(C(C)C)cc(C(C)C)cc2C(C)C)cc(=O)n1-c1c(F)cccc1Cl. The number of rotatable bonds is 7. The predicted molar refractivity (Wildman–Crippen MR) is 136 cm³/mol. The number of nitrogens with zero attached hydrogens (tertiary/aromatic N) is 2. The van der Waals surface area contributed by atoms with Crippen molar-refractivity contribution in [3.05, 3.63) is 80.1 Å². The van der Waals surface area contributed by atoms with E-state index in [1.54, 1.807) is 0 Å². The molecule has 0 radical (unpaired) electrons. The van der Waals surface area contributed by atoms with E-state index in [1.165, 1.54) is 25.1 Å². The second-order valence-corrected chi connectivity index (χ2v) is 11.3. The molecule has 0 aliphatic carbocycles. The topological polar surface area (TPSA) is 78.3 Å². The molecule has 0 aliphatic rings. The molecule has 0 amide bonds. The highest BCUT2D eigenvalue weighted by atomic mass is 35.5. The third-order valence-corrected chi connectivity index (χ3v) is 7.42. The zero-order chi connectivity index (χ0) is 26.2. The monoisotopic (exact) mass is 520 g/mol. The molecule has 0 unspecified atom stereocenters. The van der Waals surface area contributed by atoms with Gasteiger partial charge in [-0.1, -0.05) is 71.3 Å². The van der Waals surface area contributed by atoms with Crippen molar-refractivity contribution in [2.75, 3.05) is 0 Å². The van der Waals surface area contributed by atoms with Crippen LogP contribution in [0.1, 0.15) is 81.8 Å². The predicted octanol–water partition coefficient (Wildman–Crippen LogP) is 6.47. The summed E-state index contributed by atoms with van der Waals surface area (Å²) >= 11 is 6.11. The molecule has 188 valence electrons. The Bertz CT molecular complexity index is 1380. The minimum Gasteiger partial charge on any atom is -0.358 e. The van der Waals surface area contributed by atoms with Crippen LogP contribution in [0.3, 0.4) is 0 Å². The van der Waals surface area contributed by atoms with Crippen LogP contribution in [0.25, 0.3) is 5.69 Å². The Morgan fingerprint density at radius 3 is 2.00 bits per heavy atom. The Balaban J connectivity index is 2.16. The molecule has 0 spiro atoms. The minimum atomic E-state index is -4.35. The lowest BCUT2D eigenvalue weighted by Gasteiger charge is -2.22. The van der Waals surface area contributed by atoms with Gasteiger partial charge in [0.15, 0.2) is 0 Å². The van der Waals surface area contributed by atoms with Gasteiger partial charge in [0.25, 0.3) is 5.56 Å². The van der Waals surface area contributed by atoms with Gasteiger partial charge in [-0.05, 0) is 53.5 Å². The fourth-order valence-corrected chi connectivity index (χ4v) is 5.73. The molecule has 2 aromatic carbocycles. The highest BCUT2D eigenvalue weighted by molar-refractivity contribution is 7.87. The van der Waals surface area contributed by atoms with Crippen LogP contribution < -0.4 is 9.74 Å². The molecule has 6 nitrogen and oxygen atoms in total. The van der Waals surface area contributed by atoms with E-state index in [-0.39, 0.29) is 39.2 Å². The number of benzene rings is 2. The van der Waals surface area contributed by atoms with Gasteiger partial charge in [0.2, 0.25) is 5.88 Å². The van der Waals surface area contributed by atoms with Crippen LogP contribution in [0, 0.1) is 12.7 Å². The standard InChI is InChI=1S/C26H30ClFN2O4S/c1-14(2)18-11-19(15(3)4)26(20(12-18)16(5)6)35(32,33)34-23-13-24(31)30(17(7)29-23)25-21(27)9-8-10-22(25)28/h8-16H,1-7H3. The fourth-order valence-electron chi connectivity index (χ4n) is 3.92. The maximum absolute atomic E-state index is 14.4. The molecule has 3 rings (SSSR count). The van der Waals surface area contributed by atoms with E-state index in [0.717, 1.165) is 16.2 Å². The van der Waals surface area contributed by atoms with Crippen LogP contribution in [0.5, 0.6) is 5.88 Å². The fraction of sp³-hybridized carbons (Fsp3) is 0.385. The zero-order valence-electron chi connectivity index (χ0n) is 20.9. The zero-order valence-corrected chi connectivity index (χ0v) is 22.5. The summed E-state index contributed by atoms with van der Waals surface area (Å²) in [6.07, 6.45) is 0. The Morgan fingerprint density at radius 1 is 0.971 bits per heavy atom. The number of para-hydroxylation sites is 1. The van der Waals surface area contributed by atoms with E-state index in [9.17, 15) is 17.6 Å². The van der Waals surface area contributed by atoms with Crippen LogP contribution >= 0.6 is 11.6 Å². The van der Waals surface area contributed by atoms with Crippen molar-refractivity contribution in [2.24, 2.45) is 0 Å². The van der Waals surface area contributed by atoms with Gasteiger partial charge >= 0.3 is 10.1 Å². The molecule has 1 heterocycles. The van der Waals surface area contributed by atoms with E-state index in [4.69, 9.17) is 15.8 Å². The van der Waals surface area contributed by atoms with Crippen LogP contribution in [-0.2, 0) is 10.1 Å². The van der Waals surface area contributed by atoms with Gasteiger partial charge in [0.05, 0.1) is 11.1 Å². The molecule has 0 N–H and O–H groups in total. The highest BCUT2D eigenvalue weighted by Gasteiger charge is 2.29. The van der Waals surface area contributed by atoms with E-state index < -0.39 is 27.4 Å². The molecular weight excluding hydrogens is 491 g/mol. The van der Waals surface area contributed by atoms with Crippen molar-refractivity contribution in [1.82, 2.24) is 9.55 Å². The van der Waals surface area contributed by atoms with Crippen molar-refractivity contribution < 1.29 is 17.0 Å². The van der Waals surface area contributed by atoms with Crippen LogP contribution in [0.4, 0.5) is 4.39 Å². The number of aryl methyl sites for hydroxylation is 1. The van der Waals surface area contributed by atoms with E-state index in [2.05, 4.69) is 18.8 Å². The summed E-state index contributed by atoms with van der Waals surface area (Å²) in [5.74, 6) is -1.05. The number of aromatic nitrogens is 2. The van der Waals surface area contributed by atoms with Crippen LogP contribution in [0.15, 0.2) is 46.1 Å². The summed E-state index contributed by atoms with van der Waals surface area (Å²) < 4.78 is 47.9. The lowest BCUT2D eigenvalue weighted by molar-refractivity contribution is 0.468. The molecule has 35 heavy (non-hydrogen) atoms. The van der Waals surface area contributed by atoms with Crippen molar-refractivity contribution >= 4 is 21.7 Å². The second-order valence-electron chi connectivity index (χ2n) is 9.42. The Morgan fingerprint density at radius 2 is 1.54 bits per heavy atom. The minimum absolute atomic E-state index is 0.0201. The molecule has 0 fully saturated rings. The quantitative estimate of drug-likeness (QED) is 0.333. The van der Waals surface area contributed by atoms with Crippen LogP contribution in [0.2, 0.25) is 5.02 Å². The van der Waals surface area contributed by atoms with Crippen molar-refractivity contribution in [3.8, 4) is 11.6 Å². The molecule has 9 heteroatoms. The van der Waals surface area contributed by atoms with Gasteiger partial charge in [0, 0.05) is 0 Å². The first-order valence-electron chi connectivity index (χ1n) is 11.4. The Kier molecular flexibility index (Phi) is 7.77. The van der Waals surface area contributed by atoms with E-state index >= 15 is 0 Å². The number of halogens is 2. The first kappa shape index (κ1) is 26.9. The third kappa shape index (κ3) is 5.43. The van der Waals surface area contributed by atoms with Crippen molar-refractivity contribution in [2.45, 2.75) is 71.1 Å². The Hall–Kier alpha value is -2.71. The summed E-state index contributed by atoms with van der Waals surface area (Å²) in [7, 11) is -4.35. The van der Waals surface area contributed by atoms with E-state index in [1.807, 2.05) is 39.8 Å². The highest BCUT2D eigenvalue weighted by Crippen LogP contribution is 2.36. The third-order valence-electron chi connectivity index (χ3n) is 5.75. The van der Waals surface area contributed by atoms with Gasteiger partial charge in [0.1, 0.15) is 22.2 Å². The van der Waals surface area contributed by atoms with Gasteiger partial charge < -0.3 is 4.18 Å². The summed E-state index contributed by atoms with van der Waals surface area (Å²) in [5, 5.41) is 0.0201. The normalized spacial score (nSPS) is 12.1. The number of hydrogen-bond donors (Lipinski definition) is 0. The lowest BCUT2D eigenvalue weighted by Crippen LogP contribution is -2.24. The maximum atomic E-state index is 14.4. The Labute approximate surface area is 210 Å². The summed E-state index contributed by atoms with van der Waals surface area (Å²) in [4.78, 5) is 17.1. The molecule has 3 aromatic rings. The molecular formula is C26H30ClFN2O4S. The van der Waals surface area contributed by atoms with Gasteiger partial charge in [-0.2, -0.15) is 13.4 Å². The molecule has 0 aliphatic heterocycles. The molecule has 0 bridgehead atoms. The smallest absolute Gasteiger partial charge is 0.341 e. The summed E-state index contributed by atoms with van der Waals surface area (Å²) in [6, 6.07) is 8.75. The molecule has 1 aromatic heterocycles. The number of hydrogen-bond acceptors (Lipinski definition) is 5. The molecule has 0 atom stereocenters. The van der Waals surface area contributed by atoms with Gasteiger partial charge in [-0.25, -0.2) is 4.39 Å². The first-order chi connectivity index (χ1) is 16.2. The average Bonchev–Trinajstić information content (AvgIpc) is 2.73. The largest absolute Gasteiger partial charge is 0.358 e. The van der Waals surface area contributed by atoms with E-state index in [0.29, 0.717) is 11.1 Å². The van der Waals surface area contributed by atoms with Crippen LogP contribution in [-0.4, -0.2) is 18.0 Å². The van der Waals surface area contributed by atoms with Gasteiger partial charge in [-0.3, -0.25) is 9.36 Å². The second kappa shape index (κ2) is 10.1.